The molecule has 34 heavy (non-hydrogen) atoms. The Hall–Kier alpha value is -3.81. The molecular formula is C24H23N7O2S. The number of nitrogens with two attached hydrogens (primary N) is 1. The predicted molar refractivity (Wildman–Crippen MR) is 131 cm³/mol. The third-order valence-corrected chi connectivity index (χ3v) is 6.83. The summed E-state index contributed by atoms with van der Waals surface area (Å²) in [6.45, 7) is 4.70. The minimum Gasteiger partial charge on any atom is -0.385 e. The molecule has 2 atom stereocenters. The van der Waals surface area contributed by atoms with Crippen molar-refractivity contribution in [1.29, 1.82) is 0 Å². The van der Waals surface area contributed by atoms with Crippen molar-refractivity contribution in [2.75, 3.05) is 26.0 Å². The van der Waals surface area contributed by atoms with E-state index in [-0.39, 0.29) is 18.0 Å². The van der Waals surface area contributed by atoms with Gasteiger partial charge in [0.1, 0.15) is 17.8 Å². The minimum atomic E-state index is -0.105. The summed E-state index contributed by atoms with van der Waals surface area (Å²) in [5, 5.41) is 5.40. The fourth-order valence-corrected chi connectivity index (χ4v) is 5.05. The highest BCUT2D eigenvalue weighted by atomic mass is 32.1. The van der Waals surface area contributed by atoms with Gasteiger partial charge in [0.15, 0.2) is 5.65 Å². The molecule has 0 bridgehead atoms. The molecule has 0 unspecified atom stereocenters. The lowest BCUT2D eigenvalue weighted by Gasteiger charge is -2.22. The number of amides is 1. The topological polar surface area (TPSA) is 112 Å². The third kappa shape index (κ3) is 4.00. The van der Waals surface area contributed by atoms with Gasteiger partial charge in [-0.15, -0.1) is 11.3 Å². The smallest absolute Gasteiger partial charge is 0.246 e. The molecule has 10 heteroatoms. The fourth-order valence-electron chi connectivity index (χ4n) is 4.39. The van der Waals surface area contributed by atoms with Gasteiger partial charge in [0.2, 0.25) is 5.91 Å². The maximum Gasteiger partial charge on any atom is 0.246 e. The molecule has 4 aromatic rings. The molecule has 3 aromatic heterocycles. The van der Waals surface area contributed by atoms with Crippen LogP contribution in [0.15, 0.2) is 42.7 Å². The van der Waals surface area contributed by atoms with Crippen molar-refractivity contribution in [1.82, 2.24) is 29.6 Å². The van der Waals surface area contributed by atoms with Gasteiger partial charge in [0.25, 0.3) is 0 Å². The van der Waals surface area contributed by atoms with Crippen LogP contribution in [0, 0.1) is 11.8 Å². The molecule has 172 valence electrons. The Labute approximate surface area is 200 Å². The number of anilines is 1. The van der Waals surface area contributed by atoms with Crippen LogP contribution in [0.25, 0.3) is 21.3 Å². The van der Waals surface area contributed by atoms with Crippen molar-refractivity contribution in [3.8, 4) is 11.8 Å². The quantitative estimate of drug-likeness (QED) is 0.350. The average molecular weight is 474 g/mol. The van der Waals surface area contributed by atoms with Crippen molar-refractivity contribution in [2.24, 2.45) is 0 Å². The average Bonchev–Trinajstić information content (AvgIpc) is 3.57. The van der Waals surface area contributed by atoms with E-state index in [1.807, 2.05) is 33.3 Å². The van der Waals surface area contributed by atoms with Crippen LogP contribution in [-0.4, -0.2) is 61.8 Å². The predicted octanol–water partition coefficient (Wildman–Crippen LogP) is 2.78. The second-order valence-corrected chi connectivity index (χ2v) is 8.94. The van der Waals surface area contributed by atoms with Crippen molar-refractivity contribution in [3.63, 3.8) is 0 Å². The standard InChI is InChI=1S/C24H23N7O2S/c1-3-21(32)30-12-17(11-16(30)8-9-33-2)31-24-22(23(25)26-13-27-24)18(29-31)6-4-15-5-7-20-19(10-15)28-14-34-20/h3,5,7,10,13-14,16-17H,1,8-9,11-12H2,2H3,(H2,25,26,27)/t16-,17-/m0/s1. The zero-order valence-corrected chi connectivity index (χ0v) is 19.5. The molecule has 1 aliphatic rings. The molecule has 1 aromatic carbocycles. The summed E-state index contributed by atoms with van der Waals surface area (Å²) < 4.78 is 8.19. The first-order chi connectivity index (χ1) is 16.6. The number of rotatable bonds is 5. The highest BCUT2D eigenvalue weighted by Gasteiger charge is 2.36. The number of methoxy groups -OCH3 is 1. The SMILES string of the molecule is C=CC(=O)N1C[C@@H](n2nc(C#Cc3ccc4scnc4c3)c3c(N)ncnc32)C[C@@H]1CCOC. The van der Waals surface area contributed by atoms with Gasteiger partial charge in [-0.3, -0.25) is 4.79 Å². The van der Waals surface area contributed by atoms with Gasteiger partial charge < -0.3 is 15.4 Å². The highest BCUT2D eigenvalue weighted by Crippen LogP contribution is 2.33. The summed E-state index contributed by atoms with van der Waals surface area (Å²) in [5.41, 5.74) is 10.9. The highest BCUT2D eigenvalue weighted by molar-refractivity contribution is 7.16. The fraction of sp³-hybridized carbons (Fsp3) is 0.292. The summed E-state index contributed by atoms with van der Waals surface area (Å²) >= 11 is 1.59. The van der Waals surface area contributed by atoms with E-state index >= 15 is 0 Å². The Kier molecular flexibility index (Phi) is 5.96. The number of aromatic nitrogens is 5. The number of hydrogen-bond donors (Lipinski definition) is 1. The molecule has 0 radical (unpaired) electrons. The molecule has 1 amide bonds. The molecule has 0 spiro atoms. The largest absolute Gasteiger partial charge is 0.385 e. The second kappa shape index (κ2) is 9.21. The van der Waals surface area contributed by atoms with E-state index in [0.29, 0.717) is 35.7 Å². The van der Waals surface area contributed by atoms with Gasteiger partial charge >= 0.3 is 0 Å². The number of ether oxygens (including phenoxy) is 1. The molecule has 2 N–H and O–H groups in total. The molecule has 0 aliphatic carbocycles. The first kappa shape index (κ1) is 22.0. The minimum absolute atomic E-state index is 0.0215. The van der Waals surface area contributed by atoms with E-state index in [9.17, 15) is 4.79 Å². The zero-order valence-electron chi connectivity index (χ0n) is 18.6. The van der Waals surface area contributed by atoms with Crippen molar-refractivity contribution in [2.45, 2.75) is 24.9 Å². The molecule has 1 aliphatic heterocycles. The maximum absolute atomic E-state index is 12.5. The summed E-state index contributed by atoms with van der Waals surface area (Å²) in [4.78, 5) is 27.3. The van der Waals surface area contributed by atoms with Crippen molar-refractivity contribution in [3.05, 3.63) is 53.9 Å². The van der Waals surface area contributed by atoms with Crippen LogP contribution in [0.4, 0.5) is 5.82 Å². The molecule has 4 heterocycles. The Bertz CT molecular complexity index is 1450. The van der Waals surface area contributed by atoms with Crippen LogP contribution in [0.2, 0.25) is 0 Å². The number of carbonyl (C=O) groups is 1. The van der Waals surface area contributed by atoms with Gasteiger partial charge in [-0.2, -0.15) is 5.10 Å². The van der Waals surface area contributed by atoms with Gasteiger partial charge in [-0.25, -0.2) is 19.6 Å². The zero-order chi connectivity index (χ0) is 23.7. The number of hydrogen-bond acceptors (Lipinski definition) is 8. The lowest BCUT2D eigenvalue weighted by Crippen LogP contribution is -2.35. The van der Waals surface area contributed by atoms with Crippen molar-refractivity contribution >= 4 is 44.3 Å². The van der Waals surface area contributed by atoms with E-state index in [1.54, 1.807) is 18.4 Å². The number of carbonyl (C=O) groups excluding carboxylic acids is 1. The summed E-state index contributed by atoms with van der Waals surface area (Å²) in [6.07, 6.45) is 4.22. The molecule has 0 saturated carbocycles. The number of fused-ring (bicyclic) bond motifs is 2. The van der Waals surface area contributed by atoms with E-state index in [1.165, 1.54) is 12.4 Å². The second-order valence-electron chi connectivity index (χ2n) is 8.06. The number of nitrogen functional groups attached to an aromatic ring is 1. The summed E-state index contributed by atoms with van der Waals surface area (Å²) in [7, 11) is 1.66. The van der Waals surface area contributed by atoms with Crippen LogP contribution in [-0.2, 0) is 9.53 Å². The normalized spacial score (nSPS) is 17.7. The van der Waals surface area contributed by atoms with Gasteiger partial charge in [-0.05, 0) is 43.0 Å². The first-order valence-electron chi connectivity index (χ1n) is 10.8. The number of nitrogens with zero attached hydrogens (tertiary/aromatic N) is 6. The lowest BCUT2D eigenvalue weighted by atomic mass is 10.1. The van der Waals surface area contributed by atoms with Crippen LogP contribution < -0.4 is 5.73 Å². The number of benzene rings is 1. The molecule has 9 nitrogen and oxygen atoms in total. The van der Waals surface area contributed by atoms with Crippen LogP contribution in [0.3, 0.4) is 0 Å². The Morgan fingerprint density at radius 2 is 2.24 bits per heavy atom. The van der Waals surface area contributed by atoms with E-state index in [0.717, 1.165) is 28.6 Å². The maximum atomic E-state index is 12.5. The number of likely N-dealkylation sites (tertiary alicyclic amines) is 1. The van der Waals surface area contributed by atoms with Crippen LogP contribution >= 0.6 is 11.3 Å². The van der Waals surface area contributed by atoms with Gasteiger partial charge in [0, 0.05) is 31.9 Å². The van der Waals surface area contributed by atoms with E-state index in [2.05, 4.69) is 33.4 Å². The van der Waals surface area contributed by atoms with E-state index in [4.69, 9.17) is 15.6 Å². The Morgan fingerprint density at radius 1 is 1.35 bits per heavy atom. The molecular weight excluding hydrogens is 450 g/mol. The first-order valence-corrected chi connectivity index (χ1v) is 11.7. The Morgan fingerprint density at radius 3 is 3.06 bits per heavy atom. The number of thiazole rings is 1. The monoisotopic (exact) mass is 473 g/mol. The van der Waals surface area contributed by atoms with E-state index < -0.39 is 0 Å². The third-order valence-electron chi connectivity index (χ3n) is 6.02. The molecule has 1 fully saturated rings. The molecule has 5 rings (SSSR count). The van der Waals surface area contributed by atoms with Crippen LogP contribution in [0.1, 0.15) is 30.1 Å². The van der Waals surface area contributed by atoms with Crippen molar-refractivity contribution < 1.29 is 9.53 Å². The summed E-state index contributed by atoms with van der Waals surface area (Å²) in [6, 6.07) is 5.86. The lowest BCUT2D eigenvalue weighted by molar-refractivity contribution is -0.127. The van der Waals surface area contributed by atoms with Crippen LogP contribution in [0.5, 0.6) is 0 Å². The molecule has 1 saturated heterocycles. The summed E-state index contributed by atoms with van der Waals surface area (Å²) in [5.74, 6) is 6.54. The van der Waals surface area contributed by atoms with Gasteiger partial charge in [0.05, 0.1) is 27.2 Å². The van der Waals surface area contributed by atoms with Gasteiger partial charge in [-0.1, -0.05) is 12.5 Å². The Balaban J connectivity index is 1.53.